The first-order valence-corrected chi connectivity index (χ1v) is 5.23. The normalized spacial score (nSPS) is 8.80. The molecule has 0 unspecified atom stereocenters. The minimum absolute atomic E-state index is 0. The summed E-state index contributed by atoms with van der Waals surface area (Å²) in [5.41, 5.74) is 2.74. The van der Waals surface area contributed by atoms with Crippen LogP contribution in [-0.4, -0.2) is 0 Å². The van der Waals surface area contributed by atoms with E-state index in [1.807, 2.05) is 13.8 Å². The van der Waals surface area contributed by atoms with Crippen LogP contribution in [0.15, 0.2) is 36.4 Å². The molecule has 0 radical (unpaired) electrons. The third kappa shape index (κ3) is 3.09. The number of benzene rings is 2. The molecule has 0 aliphatic heterocycles. The second-order valence-corrected chi connectivity index (χ2v) is 3.28. The Morgan fingerprint density at radius 2 is 1.07 bits per heavy atom. The van der Waals surface area contributed by atoms with Crippen molar-refractivity contribution in [2.45, 2.75) is 35.1 Å². The Kier molecular flexibility index (Phi) is 5.69. The van der Waals surface area contributed by atoms with Crippen LogP contribution in [0, 0.1) is 13.8 Å². The average molecular weight is 202 g/mol. The number of aryl methyl sites for hydroxylation is 2. The van der Waals surface area contributed by atoms with Gasteiger partial charge in [-0.2, -0.15) is 0 Å². The Labute approximate surface area is 93.9 Å². The standard InChI is InChI=1S/C12H12.C2H6.CH4/c1-9-7-11-5-3-4-6-12(11)8-10(9)2;1-2;/h3-8H,1-2H3;1-2H3;1H4. The highest BCUT2D eigenvalue weighted by atomic mass is 14.0. The van der Waals surface area contributed by atoms with Crippen molar-refractivity contribution in [1.29, 1.82) is 0 Å². The highest BCUT2D eigenvalue weighted by molar-refractivity contribution is 5.83. The molecule has 0 nitrogen and oxygen atoms in total. The van der Waals surface area contributed by atoms with Crippen molar-refractivity contribution < 1.29 is 0 Å². The molecule has 0 aliphatic carbocycles. The zero-order chi connectivity index (χ0) is 10.6. The highest BCUT2D eigenvalue weighted by Gasteiger charge is 1.95. The van der Waals surface area contributed by atoms with Crippen molar-refractivity contribution in [2.24, 2.45) is 0 Å². The van der Waals surface area contributed by atoms with Crippen LogP contribution < -0.4 is 0 Å². The Morgan fingerprint density at radius 1 is 0.733 bits per heavy atom. The summed E-state index contributed by atoms with van der Waals surface area (Å²) in [5.74, 6) is 0. The fraction of sp³-hybridized carbons (Fsp3) is 0.333. The molecule has 2 rings (SSSR count). The Balaban J connectivity index is 0.000000617. The largest absolute Gasteiger partial charge is 0.0776 e. The molecule has 0 aliphatic rings. The van der Waals surface area contributed by atoms with Crippen LogP contribution in [0.1, 0.15) is 32.4 Å². The third-order valence-electron chi connectivity index (χ3n) is 2.36. The van der Waals surface area contributed by atoms with Gasteiger partial charge in [-0.15, -0.1) is 0 Å². The van der Waals surface area contributed by atoms with Crippen LogP contribution >= 0.6 is 0 Å². The van der Waals surface area contributed by atoms with Gasteiger partial charge in [-0.25, -0.2) is 0 Å². The summed E-state index contributed by atoms with van der Waals surface area (Å²) in [6.07, 6.45) is 0. The lowest BCUT2D eigenvalue weighted by molar-refractivity contribution is 1.37. The van der Waals surface area contributed by atoms with E-state index in [4.69, 9.17) is 0 Å². The summed E-state index contributed by atoms with van der Waals surface area (Å²) in [6.45, 7) is 8.31. The molecular formula is C15H22. The molecule has 0 heterocycles. The lowest BCUT2D eigenvalue weighted by atomic mass is 10.0. The molecule has 15 heavy (non-hydrogen) atoms. The van der Waals surface area contributed by atoms with E-state index in [9.17, 15) is 0 Å². The van der Waals surface area contributed by atoms with E-state index in [1.165, 1.54) is 21.9 Å². The van der Waals surface area contributed by atoms with Crippen LogP contribution in [0.25, 0.3) is 10.8 Å². The zero-order valence-electron chi connectivity index (χ0n) is 9.46. The molecule has 0 saturated carbocycles. The molecule has 0 saturated heterocycles. The summed E-state index contributed by atoms with van der Waals surface area (Å²) in [6, 6.07) is 13.0. The van der Waals surface area contributed by atoms with Crippen molar-refractivity contribution in [3.8, 4) is 0 Å². The summed E-state index contributed by atoms with van der Waals surface area (Å²) in [5, 5.41) is 2.67. The van der Waals surface area contributed by atoms with Crippen LogP contribution in [0.4, 0.5) is 0 Å². The van der Waals surface area contributed by atoms with E-state index in [0.29, 0.717) is 0 Å². The molecule has 0 aromatic heterocycles. The maximum Gasteiger partial charge on any atom is -0.0181 e. The van der Waals surface area contributed by atoms with Gasteiger partial charge in [-0.1, -0.05) is 57.7 Å². The molecule has 0 amide bonds. The molecule has 2 aromatic rings. The van der Waals surface area contributed by atoms with Crippen LogP contribution in [0.5, 0.6) is 0 Å². The van der Waals surface area contributed by atoms with Gasteiger partial charge in [0.25, 0.3) is 0 Å². The van der Waals surface area contributed by atoms with Gasteiger partial charge in [0.15, 0.2) is 0 Å². The summed E-state index contributed by atoms with van der Waals surface area (Å²) < 4.78 is 0. The van der Waals surface area contributed by atoms with E-state index in [1.54, 1.807) is 0 Å². The van der Waals surface area contributed by atoms with E-state index < -0.39 is 0 Å². The molecule has 0 spiro atoms. The van der Waals surface area contributed by atoms with Gasteiger partial charge in [-0.3, -0.25) is 0 Å². The van der Waals surface area contributed by atoms with Crippen molar-refractivity contribution in [3.63, 3.8) is 0 Å². The van der Waals surface area contributed by atoms with Crippen LogP contribution in [-0.2, 0) is 0 Å². The first-order chi connectivity index (χ1) is 6.77. The van der Waals surface area contributed by atoms with Gasteiger partial charge in [0, 0.05) is 0 Å². The van der Waals surface area contributed by atoms with E-state index >= 15 is 0 Å². The SMILES string of the molecule is C.CC.Cc1cc2ccccc2cc1C. The zero-order valence-corrected chi connectivity index (χ0v) is 9.46. The molecular weight excluding hydrogens is 180 g/mol. The van der Waals surface area contributed by atoms with Crippen molar-refractivity contribution in [3.05, 3.63) is 47.5 Å². The van der Waals surface area contributed by atoms with Crippen LogP contribution in [0.2, 0.25) is 0 Å². The Bertz CT molecular complexity index is 373. The minimum Gasteiger partial charge on any atom is -0.0776 e. The van der Waals surface area contributed by atoms with Gasteiger partial charge < -0.3 is 0 Å². The Morgan fingerprint density at radius 3 is 1.40 bits per heavy atom. The first kappa shape index (κ1) is 13.7. The van der Waals surface area contributed by atoms with Crippen molar-refractivity contribution in [1.82, 2.24) is 0 Å². The van der Waals surface area contributed by atoms with Crippen LogP contribution in [0.3, 0.4) is 0 Å². The fourth-order valence-electron chi connectivity index (χ4n) is 1.47. The lowest BCUT2D eigenvalue weighted by Gasteiger charge is -2.02. The molecule has 0 bridgehead atoms. The predicted octanol–water partition coefficient (Wildman–Crippen LogP) is 5.12. The fourth-order valence-corrected chi connectivity index (χ4v) is 1.47. The monoisotopic (exact) mass is 202 g/mol. The predicted molar refractivity (Wildman–Crippen MR) is 71.5 cm³/mol. The smallest absolute Gasteiger partial charge is 0.0181 e. The second kappa shape index (κ2) is 6.23. The van der Waals surface area contributed by atoms with Gasteiger partial charge >= 0.3 is 0 Å². The van der Waals surface area contributed by atoms with Gasteiger partial charge in [0.1, 0.15) is 0 Å². The highest BCUT2D eigenvalue weighted by Crippen LogP contribution is 2.18. The maximum atomic E-state index is 2.24. The summed E-state index contributed by atoms with van der Waals surface area (Å²) in [4.78, 5) is 0. The van der Waals surface area contributed by atoms with Crippen molar-refractivity contribution >= 4 is 10.8 Å². The topological polar surface area (TPSA) is 0 Å². The number of rotatable bonds is 0. The molecule has 0 fully saturated rings. The Hall–Kier alpha value is -1.30. The van der Waals surface area contributed by atoms with E-state index in [0.717, 1.165) is 0 Å². The molecule has 0 N–H and O–H groups in total. The molecule has 0 atom stereocenters. The van der Waals surface area contributed by atoms with Crippen molar-refractivity contribution in [2.75, 3.05) is 0 Å². The lowest BCUT2D eigenvalue weighted by Crippen LogP contribution is -1.80. The maximum absolute atomic E-state index is 2.24. The second-order valence-electron chi connectivity index (χ2n) is 3.28. The molecule has 82 valence electrons. The molecule has 2 aromatic carbocycles. The summed E-state index contributed by atoms with van der Waals surface area (Å²) in [7, 11) is 0. The number of hydrogen-bond acceptors (Lipinski definition) is 0. The average Bonchev–Trinajstić information content (AvgIpc) is 2.23. The summed E-state index contributed by atoms with van der Waals surface area (Å²) >= 11 is 0. The minimum atomic E-state index is 0. The van der Waals surface area contributed by atoms with Gasteiger partial charge in [0.2, 0.25) is 0 Å². The number of hydrogen-bond donors (Lipinski definition) is 0. The van der Waals surface area contributed by atoms with E-state index in [-0.39, 0.29) is 7.43 Å². The van der Waals surface area contributed by atoms with Gasteiger partial charge in [0.05, 0.1) is 0 Å². The first-order valence-electron chi connectivity index (χ1n) is 5.23. The van der Waals surface area contributed by atoms with Gasteiger partial charge in [-0.05, 0) is 35.7 Å². The third-order valence-corrected chi connectivity index (χ3v) is 2.36. The van der Waals surface area contributed by atoms with E-state index in [2.05, 4.69) is 50.2 Å². The molecule has 0 heteroatoms. The quantitative estimate of drug-likeness (QED) is 0.556. The number of fused-ring (bicyclic) bond motifs is 1.